The molecule has 1 saturated heterocycles. The molecular weight excluding hydrogens is 282 g/mol. The largest absolute Gasteiger partial charge is 0.367 e. The number of hydrogen-bond acceptors (Lipinski definition) is 3. The third-order valence-electron chi connectivity index (χ3n) is 4.72. The van der Waals surface area contributed by atoms with Crippen molar-refractivity contribution in [1.29, 1.82) is 0 Å². The van der Waals surface area contributed by atoms with Crippen LogP contribution in [0.2, 0.25) is 5.02 Å². The summed E-state index contributed by atoms with van der Waals surface area (Å²) in [7, 11) is 0. The van der Waals surface area contributed by atoms with Crippen molar-refractivity contribution in [2.45, 2.75) is 45.3 Å². The summed E-state index contributed by atoms with van der Waals surface area (Å²) in [5, 5.41) is 4.51. The number of anilines is 1. The molecule has 0 spiro atoms. The lowest BCUT2D eigenvalue weighted by molar-refractivity contribution is 0.199. The number of nitrogens with zero attached hydrogens (tertiary/aromatic N) is 2. The van der Waals surface area contributed by atoms with Gasteiger partial charge in [-0.3, -0.25) is 4.90 Å². The van der Waals surface area contributed by atoms with Crippen molar-refractivity contribution in [2.75, 3.05) is 31.1 Å². The maximum absolute atomic E-state index is 6.53. The zero-order chi connectivity index (χ0) is 14.8. The Morgan fingerprint density at radius 1 is 1.29 bits per heavy atom. The van der Waals surface area contributed by atoms with Crippen molar-refractivity contribution in [3.63, 3.8) is 0 Å². The fourth-order valence-electron chi connectivity index (χ4n) is 3.27. The molecule has 0 bridgehead atoms. The number of hydrogen-bond donors (Lipinski definition) is 1. The molecule has 2 fully saturated rings. The fourth-order valence-corrected chi connectivity index (χ4v) is 3.58. The molecule has 1 N–H and O–H groups in total. The predicted molar refractivity (Wildman–Crippen MR) is 90.2 cm³/mol. The number of para-hydroxylation sites is 1. The Labute approximate surface area is 133 Å². The van der Waals surface area contributed by atoms with Gasteiger partial charge in [-0.1, -0.05) is 30.7 Å². The van der Waals surface area contributed by atoms with Crippen LogP contribution in [0.5, 0.6) is 0 Å². The molecule has 1 atom stereocenters. The molecule has 3 nitrogen and oxygen atoms in total. The van der Waals surface area contributed by atoms with Crippen molar-refractivity contribution in [1.82, 2.24) is 10.2 Å². The van der Waals surface area contributed by atoms with Gasteiger partial charge in [-0.2, -0.15) is 0 Å². The van der Waals surface area contributed by atoms with Gasteiger partial charge in [-0.05, 0) is 37.9 Å². The summed E-state index contributed by atoms with van der Waals surface area (Å²) in [5.74, 6) is 0. The van der Waals surface area contributed by atoms with E-state index < -0.39 is 0 Å². The molecule has 1 aliphatic carbocycles. The van der Waals surface area contributed by atoms with Crippen molar-refractivity contribution in [3.8, 4) is 0 Å². The van der Waals surface area contributed by atoms with Gasteiger partial charge in [0.05, 0.1) is 10.7 Å². The van der Waals surface area contributed by atoms with Crippen LogP contribution in [-0.4, -0.2) is 43.2 Å². The Hall–Kier alpha value is -0.770. The van der Waals surface area contributed by atoms with Gasteiger partial charge < -0.3 is 10.2 Å². The monoisotopic (exact) mass is 307 g/mol. The summed E-state index contributed by atoms with van der Waals surface area (Å²) >= 11 is 6.53. The van der Waals surface area contributed by atoms with Crippen LogP contribution in [0.1, 0.15) is 32.3 Å². The van der Waals surface area contributed by atoms with Gasteiger partial charge in [0.25, 0.3) is 0 Å². The lowest BCUT2D eigenvalue weighted by Gasteiger charge is -2.41. The topological polar surface area (TPSA) is 18.5 Å². The first-order valence-electron chi connectivity index (χ1n) is 8.18. The normalized spacial score (nSPS) is 23.6. The van der Waals surface area contributed by atoms with E-state index in [0.717, 1.165) is 43.8 Å². The smallest absolute Gasteiger partial charge is 0.0642 e. The second-order valence-electron chi connectivity index (χ2n) is 6.33. The van der Waals surface area contributed by atoms with E-state index in [-0.39, 0.29) is 0 Å². The van der Waals surface area contributed by atoms with Gasteiger partial charge >= 0.3 is 0 Å². The highest BCUT2D eigenvalue weighted by atomic mass is 35.5. The molecule has 0 aromatic heterocycles. The highest BCUT2D eigenvalue weighted by Gasteiger charge is 2.26. The van der Waals surface area contributed by atoms with Crippen LogP contribution in [0, 0.1) is 0 Å². The van der Waals surface area contributed by atoms with E-state index >= 15 is 0 Å². The molecule has 1 aromatic rings. The molecule has 116 valence electrons. The highest BCUT2D eigenvalue weighted by molar-refractivity contribution is 6.33. The summed E-state index contributed by atoms with van der Waals surface area (Å²) in [4.78, 5) is 5.01. The summed E-state index contributed by atoms with van der Waals surface area (Å²) in [6, 6.07) is 7.63. The molecular formula is C17H26ClN3. The Morgan fingerprint density at radius 2 is 2.10 bits per heavy atom. The molecule has 1 aliphatic heterocycles. The van der Waals surface area contributed by atoms with Crippen LogP contribution in [0.4, 0.5) is 5.69 Å². The van der Waals surface area contributed by atoms with E-state index in [1.165, 1.54) is 24.1 Å². The zero-order valence-corrected chi connectivity index (χ0v) is 13.9. The van der Waals surface area contributed by atoms with Gasteiger partial charge in [-0.25, -0.2) is 0 Å². The average Bonchev–Trinajstić information content (AvgIpc) is 3.29. The first-order chi connectivity index (χ1) is 10.2. The van der Waals surface area contributed by atoms with Crippen LogP contribution < -0.4 is 10.2 Å². The standard InChI is InChI=1S/C17H26ClN3/c1-3-20-9-10-21(12-13(20)2)17-14(5-4-6-16(17)18)11-19-15-7-8-15/h4-6,13,15,19H,3,7-12H2,1-2H3. The van der Waals surface area contributed by atoms with Crippen molar-refractivity contribution in [3.05, 3.63) is 28.8 Å². The molecule has 1 saturated carbocycles. The molecule has 2 aliphatic rings. The van der Waals surface area contributed by atoms with Gasteiger partial charge in [-0.15, -0.1) is 0 Å². The number of nitrogens with one attached hydrogen (secondary N) is 1. The van der Waals surface area contributed by atoms with E-state index in [4.69, 9.17) is 11.6 Å². The minimum atomic E-state index is 0.587. The second kappa shape index (κ2) is 6.55. The Kier molecular flexibility index (Phi) is 4.72. The number of piperazine rings is 1. The number of rotatable bonds is 5. The maximum atomic E-state index is 6.53. The summed E-state index contributed by atoms with van der Waals surface area (Å²) in [5.41, 5.74) is 2.58. The molecule has 21 heavy (non-hydrogen) atoms. The van der Waals surface area contributed by atoms with Crippen molar-refractivity contribution < 1.29 is 0 Å². The Bertz CT molecular complexity index is 487. The minimum Gasteiger partial charge on any atom is -0.367 e. The summed E-state index contributed by atoms with van der Waals surface area (Å²) in [6.45, 7) is 9.88. The van der Waals surface area contributed by atoms with Crippen LogP contribution in [0.15, 0.2) is 18.2 Å². The van der Waals surface area contributed by atoms with Crippen molar-refractivity contribution in [2.24, 2.45) is 0 Å². The van der Waals surface area contributed by atoms with E-state index in [0.29, 0.717) is 6.04 Å². The van der Waals surface area contributed by atoms with E-state index in [2.05, 4.69) is 41.1 Å². The summed E-state index contributed by atoms with van der Waals surface area (Å²) in [6.07, 6.45) is 2.64. The highest BCUT2D eigenvalue weighted by Crippen LogP contribution is 2.32. The Morgan fingerprint density at radius 3 is 2.76 bits per heavy atom. The van der Waals surface area contributed by atoms with Gasteiger partial charge in [0.2, 0.25) is 0 Å². The van der Waals surface area contributed by atoms with E-state index in [1.807, 2.05) is 6.07 Å². The first kappa shape index (κ1) is 15.1. The maximum Gasteiger partial charge on any atom is 0.0642 e. The van der Waals surface area contributed by atoms with Gasteiger partial charge in [0.1, 0.15) is 0 Å². The number of likely N-dealkylation sites (N-methyl/N-ethyl adjacent to an activating group) is 1. The second-order valence-corrected chi connectivity index (χ2v) is 6.73. The fraction of sp³-hybridized carbons (Fsp3) is 0.647. The quantitative estimate of drug-likeness (QED) is 0.901. The van der Waals surface area contributed by atoms with Crippen molar-refractivity contribution >= 4 is 17.3 Å². The third-order valence-corrected chi connectivity index (χ3v) is 5.02. The summed E-state index contributed by atoms with van der Waals surface area (Å²) < 4.78 is 0. The molecule has 1 unspecified atom stereocenters. The van der Waals surface area contributed by atoms with Gasteiger partial charge in [0, 0.05) is 38.3 Å². The number of benzene rings is 1. The molecule has 0 radical (unpaired) electrons. The molecule has 1 heterocycles. The first-order valence-corrected chi connectivity index (χ1v) is 8.56. The molecule has 0 amide bonds. The lowest BCUT2D eigenvalue weighted by Crippen LogP contribution is -2.52. The molecule has 4 heteroatoms. The van der Waals surface area contributed by atoms with E-state index in [1.54, 1.807) is 0 Å². The third kappa shape index (κ3) is 3.53. The van der Waals surface area contributed by atoms with E-state index in [9.17, 15) is 0 Å². The SMILES string of the molecule is CCN1CCN(c2c(Cl)cccc2CNC2CC2)CC1C. The Balaban J connectivity index is 1.76. The van der Waals surface area contributed by atoms with Crippen LogP contribution in [-0.2, 0) is 6.54 Å². The molecule has 1 aromatic carbocycles. The van der Waals surface area contributed by atoms with Gasteiger partial charge in [0.15, 0.2) is 0 Å². The number of halogens is 1. The minimum absolute atomic E-state index is 0.587. The van der Waals surface area contributed by atoms with Crippen LogP contribution in [0.25, 0.3) is 0 Å². The molecule has 3 rings (SSSR count). The lowest BCUT2D eigenvalue weighted by atomic mass is 10.1. The van der Waals surface area contributed by atoms with Crippen LogP contribution >= 0.6 is 11.6 Å². The van der Waals surface area contributed by atoms with Crippen LogP contribution in [0.3, 0.4) is 0 Å². The average molecular weight is 308 g/mol. The predicted octanol–water partition coefficient (Wildman–Crippen LogP) is 3.12. The zero-order valence-electron chi connectivity index (χ0n) is 13.1.